The van der Waals surface area contributed by atoms with E-state index >= 15 is 0 Å². The number of anilines is 2. The molecule has 0 atom stereocenters. The lowest BCUT2D eigenvalue weighted by Gasteiger charge is -2.21. The first-order chi connectivity index (χ1) is 11.4. The highest BCUT2D eigenvalue weighted by Crippen LogP contribution is 2.33. The minimum absolute atomic E-state index is 0.0384. The topological polar surface area (TPSA) is 118 Å². The van der Waals surface area contributed by atoms with Crippen molar-refractivity contribution in [1.29, 1.82) is 0 Å². The largest absolute Gasteiger partial charge is 0.397 e. The van der Waals surface area contributed by atoms with Crippen molar-refractivity contribution in [2.75, 3.05) is 17.1 Å². The van der Waals surface area contributed by atoms with Crippen LogP contribution in [-0.4, -0.2) is 28.4 Å². The number of sulfonamides is 1. The van der Waals surface area contributed by atoms with E-state index in [9.17, 15) is 16.8 Å². The molecule has 0 bridgehead atoms. The number of hydrogen-bond acceptors (Lipinski definition) is 5. The summed E-state index contributed by atoms with van der Waals surface area (Å²) in [5.74, 6) is -0.636. The zero-order valence-corrected chi connectivity index (χ0v) is 16.0. The third-order valence-electron chi connectivity index (χ3n) is 3.31. The Bertz CT molecular complexity index is 1020. The molecular formula is C14H14Cl2N2O5S2. The normalized spacial score (nSPS) is 12.2. The number of nitrogen functional groups attached to an aromatic ring is 1. The maximum atomic E-state index is 12.8. The van der Waals surface area contributed by atoms with Gasteiger partial charge in [0.15, 0.2) is 0 Å². The maximum Gasteiger partial charge on any atom is 0.269 e. The van der Waals surface area contributed by atoms with E-state index in [4.69, 9.17) is 33.5 Å². The van der Waals surface area contributed by atoms with Gasteiger partial charge in [0.25, 0.3) is 20.1 Å². The molecule has 0 saturated heterocycles. The molecule has 0 aliphatic carbocycles. The molecule has 2 rings (SSSR count). The molecule has 0 unspecified atom stereocenters. The van der Waals surface area contributed by atoms with Crippen molar-refractivity contribution < 1.29 is 21.4 Å². The average Bonchev–Trinajstić information content (AvgIpc) is 2.48. The quantitative estimate of drug-likeness (QED) is 0.562. The van der Waals surface area contributed by atoms with Gasteiger partial charge >= 0.3 is 0 Å². The van der Waals surface area contributed by atoms with Gasteiger partial charge in [-0.25, -0.2) is 8.42 Å². The Kier molecular flexibility index (Phi) is 5.55. The number of rotatable bonds is 5. The monoisotopic (exact) mass is 424 g/mol. The third kappa shape index (κ3) is 4.56. The van der Waals surface area contributed by atoms with E-state index in [1.54, 1.807) is 0 Å². The third-order valence-corrected chi connectivity index (χ3v) is 6.59. The number of halogens is 2. The van der Waals surface area contributed by atoms with Crippen molar-refractivity contribution in [3.63, 3.8) is 0 Å². The number of nitrogens with zero attached hydrogens (tertiary/aromatic N) is 1. The standard InChI is InChI=1S/C14H14Cl2N2O5S2/c1-18(10-4-2-3-9(5-10)8-24(19,20)21)25(22,23)14-7-11(15)13(17)6-12(14)16/h2-7H,8,17H2,1H3,(H,19,20,21). The fraction of sp³-hybridized carbons (Fsp3) is 0.143. The first-order valence-electron chi connectivity index (χ1n) is 6.69. The van der Waals surface area contributed by atoms with Crippen LogP contribution in [0.2, 0.25) is 10.0 Å². The SMILES string of the molecule is CN(c1cccc(CS(=O)(=O)O)c1)S(=O)(=O)c1cc(Cl)c(N)cc1Cl. The second-order valence-corrected chi connectivity index (χ2v) is 9.38. The predicted molar refractivity (Wildman–Crippen MR) is 98.2 cm³/mol. The summed E-state index contributed by atoms with van der Waals surface area (Å²) in [7, 11) is -7.04. The van der Waals surface area contributed by atoms with Crippen LogP contribution >= 0.6 is 23.2 Å². The molecule has 0 heterocycles. The van der Waals surface area contributed by atoms with Gasteiger partial charge in [0.1, 0.15) is 10.6 Å². The summed E-state index contributed by atoms with van der Waals surface area (Å²) in [5, 5.41) is -0.0562. The Hall–Kier alpha value is -1.52. The molecule has 3 N–H and O–H groups in total. The lowest BCUT2D eigenvalue weighted by Crippen LogP contribution is -2.27. The van der Waals surface area contributed by atoms with Crippen LogP contribution in [0, 0.1) is 0 Å². The molecule has 0 fully saturated rings. The molecule has 25 heavy (non-hydrogen) atoms. The Morgan fingerprint density at radius 1 is 1.08 bits per heavy atom. The van der Waals surface area contributed by atoms with Gasteiger partial charge in [-0.15, -0.1) is 0 Å². The summed E-state index contributed by atoms with van der Waals surface area (Å²) >= 11 is 11.9. The summed E-state index contributed by atoms with van der Waals surface area (Å²) in [6.07, 6.45) is 0. The molecule has 2 aromatic rings. The zero-order chi connectivity index (χ0) is 19.0. The van der Waals surface area contributed by atoms with Crippen molar-refractivity contribution >= 4 is 54.7 Å². The number of nitrogens with two attached hydrogens (primary N) is 1. The average molecular weight is 425 g/mol. The predicted octanol–water partition coefficient (Wildman–Crippen LogP) is 2.79. The van der Waals surface area contributed by atoms with E-state index in [1.807, 2.05) is 0 Å². The van der Waals surface area contributed by atoms with E-state index in [0.29, 0.717) is 0 Å². The van der Waals surface area contributed by atoms with Crippen LogP contribution in [0.5, 0.6) is 0 Å². The molecule has 0 saturated carbocycles. The highest BCUT2D eigenvalue weighted by molar-refractivity contribution is 7.93. The molecule has 0 amide bonds. The second-order valence-electron chi connectivity index (χ2n) is 5.17. The molecule has 0 radical (unpaired) electrons. The highest BCUT2D eigenvalue weighted by Gasteiger charge is 2.25. The van der Waals surface area contributed by atoms with E-state index in [1.165, 1.54) is 37.4 Å². The van der Waals surface area contributed by atoms with Crippen molar-refractivity contribution in [1.82, 2.24) is 0 Å². The molecule has 2 aromatic carbocycles. The van der Waals surface area contributed by atoms with Crippen LogP contribution in [-0.2, 0) is 25.9 Å². The van der Waals surface area contributed by atoms with Gasteiger partial charge in [-0.05, 0) is 29.8 Å². The summed E-state index contributed by atoms with van der Waals surface area (Å²) in [5.41, 5.74) is 6.15. The van der Waals surface area contributed by atoms with Crippen LogP contribution in [0.15, 0.2) is 41.3 Å². The lowest BCUT2D eigenvalue weighted by atomic mass is 10.2. The van der Waals surface area contributed by atoms with Gasteiger partial charge < -0.3 is 5.73 Å². The Balaban J connectivity index is 2.48. The summed E-state index contributed by atoms with van der Waals surface area (Å²) in [6.45, 7) is 0. The molecule has 0 aliphatic rings. The Labute approximate surface area is 155 Å². The molecular weight excluding hydrogens is 411 g/mol. The van der Waals surface area contributed by atoms with Gasteiger partial charge in [0, 0.05) is 7.05 Å². The minimum Gasteiger partial charge on any atom is -0.397 e. The lowest BCUT2D eigenvalue weighted by molar-refractivity contribution is 0.482. The number of benzene rings is 2. The molecule has 11 heteroatoms. The first kappa shape index (κ1) is 19.8. The Morgan fingerprint density at radius 3 is 2.32 bits per heavy atom. The fourth-order valence-electron chi connectivity index (χ4n) is 2.08. The van der Waals surface area contributed by atoms with Crippen LogP contribution in [0.25, 0.3) is 0 Å². The van der Waals surface area contributed by atoms with Gasteiger partial charge in [0.05, 0.1) is 21.4 Å². The summed E-state index contributed by atoms with van der Waals surface area (Å²) in [6, 6.07) is 8.10. The van der Waals surface area contributed by atoms with Gasteiger partial charge in [0.2, 0.25) is 0 Å². The van der Waals surface area contributed by atoms with E-state index < -0.39 is 25.9 Å². The highest BCUT2D eigenvalue weighted by atomic mass is 35.5. The first-order valence-corrected chi connectivity index (χ1v) is 10.5. The van der Waals surface area contributed by atoms with Crippen LogP contribution in [0.4, 0.5) is 11.4 Å². The molecule has 0 spiro atoms. The maximum absolute atomic E-state index is 12.8. The molecule has 7 nitrogen and oxygen atoms in total. The molecule has 136 valence electrons. The van der Waals surface area contributed by atoms with Gasteiger partial charge in [-0.1, -0.05) is 35.3 Å². The van der Waals surface area contributed by atoms with Crippen LogP contribution < -0.4 is 10.0 Å². The van der Waals surface area contributed by atoms with Crippen LogP contribution in [0.1, 0.15) is 5.56 Å². The smallest absolute Gasteiger partial charge is 0.269 e. The summed E-state index contributed by atoms with van der Waals surface area (Å²) < 4.78 is 57.4. The van der Waals surface area contributed by atoms with Crippen LogP contribution in [0.3, 0.4) is 0 Å². The second kappa shape index (κ2) is 7.00. The van der Waals surface area contributed by atoms with E-state index in [0.717, 1.165) is 10.4 Å². The van der Waals surface area contributed by atoms with Crippen molar-refractivity contribution in [3.8, 4) is 0 Å². The Morgan fingerprint density at radius 2 is 1.72 bits per heavy atom. The van der Waals surface area contributed by atoms with Gasteiger partial charge in [-0.3, -0.25) is 8.86 Å². The van der Waals surface area contributed by atoms with Crippen molar-refractivity contribution in [3.05, 3.63) is 52.0 Å². The van der Waals surface area contributed by atoms with E-state index in [-0.39, 0.29) is 31.9 Å². The zero-order valence-electron chi connectivity index (χ0n) is 12.8. The molecule has 0 aromatic heterocycles. The van der Waals surface area contributed by atoms with Gasteiger partial charge in [-0.2, -0.15) is 8.42 Å². The number of hydrogen-bond donors (Lipinski definition) is 2. The van der Waals surface area contributed by atoms with Crippen molar-refractivity contribution in [2.45, 2.75) is 10.6 Å². The fourth-order valence-corrected chi connectivity index (χ4v) is 4.63. The van der Waals surface area contributed by atoms with E-state index in [2.05, 4.69) is 0 Å². The summed E-state index contributed by atoms with van der Waals surface area (Å²) in [4.78, 5) is -0.240. The van der Waals surface area contributed by atoms with Crippen molar-refractivity contribution in [2.24, 2.45) is 0 Å². The minimum atomic E-state index is -4.24. The molecule has 0 aliphatic heterocycles.